The molecule has 7 heteroatoms. The van der Waals surface area contributed by atoms with Crippen LogP contribution in [0.25, 0.3) is 5.00 Å². The standard InChI is InChI=1S/C13H17N3S.CH2O3/c14-5-1-3-10-7-11(10)12-8-16(9-15-12)13-4-2-6-17-13;2-1(3)4/h2,4,6,8-11H,1,3,5,7,14H2;(H2,2,3,4). The number of nitrogens with zero attached hydrogens (tertiary/aromatic N) is 2. The van der Waals surface area contributed by atoms with E-state index < -0.39 is 6.16 Å². The highest BCUT2D eigenvalue weighted by molar-refractivity contribution is 7.12. The average Bonchev–Trinajstić information content (AvgIpc) is 2.86. The molecule has 1 aliphatic carbocycles. The Morgan fingerprint density at radius 1 is 1.52 bits per heavy atom. The van der Waals surface area contributed by atoms with E-state index in [-0.39, 0.29) is 0 Å². The van der Waals surface area contributed by atoms with E-state index in [2.05, 4.69) is 33.3 Å². The number of hydrogen-bond donors (Lipinski definition) is 3. The van der Waals surface area contributed by atoms with Gasteiger partial charge >= 0.3 is 6.16 Å². The summed E-state index contributed by atoms with van der Waals surface area (Å²) in [6.45, 7) is 0.812. The van der Waals surface area contributed by atoms with Gasteiger partial charge in [0, 0.05) is 12.1 Å². The lowest BCUT2D eigenvalue weighted by atomic mass is 10.1. The number of carbonyl (C=O) groups is 1. The summed E-state index contributed by atoms with van der Waals surface area (Å²) in [5.74, 6) is 1.51. The molecule has 1 aliphatic rings. The van der Waals surface area contributed by atoms with Crippen LogP contribution in [0.4, 0.5) is 4.79 Å². The number of aromatic nitrogens is 2. The molecule has 0 bridgehead atoms. The molecule has 114 valence electrons. The first-order valence-electron chi connectivity index (χ1n) is 6.81. The zero-order valence-electron chi connectivity index (χ0n) is 11.6. The predicted octanol–water partition coefficient (Wildman–Crippen LogP) is 3.00. The lowest BCUT2D eigenvalue weighted by Gasteiger charge is -1.96. The normalized spacial score (nSPS) is 19.7. The molecule has 2 unspecified atom stereocenters. The zero-order valence-corrected chi connectivity index (χ0v) is 12.4. The summed E-state index contributed by atoms with van der Waals surface area (Å²) in [7, 11) is 0. The monoisotopic (exact) mass is 309 g/mol. The van der Waals surface area contributed by atoms with Crippen molar-refractivity contribution in [1.82, 2.24) is 9.55 Å². The molecule has 2 aromatic rings. The van der Waals surface area contributed by atoms with Gasteiger partial charge in [-0.15, -0.1) is 11.3 Å². The van der Waals surface area contributed by atoms with Gasteiger partial charge in [-0.05, 0) is 49.2 Å². The van der Waals surface area contributed by atoms with Gasteiger partial charge in [-0.3, -0.25) is 4.57 Å². The molecular formula is C14H19N3O3S. The van der Waals surface area contributed by atoms with E-state index in [1.54, 1.807) is 11.3 Å². The van der Waals surface area contributed by atoms with Crippen LogP contribution in [0.5, 0.6) is 0 Å². The number of hydrogen-bond acceptors (Lipinski definition) is 4. The van der Waals surface area contributed by atoms with Gasteiger partial charge in [0.05, 0.1) is 5.69 Å². The Morgan fingerprint density at radius 2 is 2.29 bits per heavy atom. The van der Waals surface area contributed by atoms with Gasteiger partial charge in [-0.25, -0.2) is 9.78 Å². The summed E-state index contributed by atoms with van der Waals surface area (Å²) in [5, 5.41) is 17.3. The van der Waals surface area contributed by atoms with Crippen LogP contribution in [0.3, 0.4) is 0 Å². The molecule has 3 rings (SSSR count). The number of nitrogens with two attached hydrogens (primary N) is 1. The second kappa shape index (κ2) is 7.24. The lowest BCUT2D eigenvalue weighted by Crippen LogP contribution is -1.98. The Balaban J connectivity index is 0.000000361. The van der Waals surface area contributed by atoms with Gasteiger partial charge in [0.2, 0.25) is 0 Å². The molecule has 0 amide bonds. The van der Waals surface area contributed by atoms with Crippen LogP contribution in [0, 0.1) is 5.92 Å². The van der Waals surface area contributed by atoms with Gasteiger partial charge < -0.3 is 15.9 Å². The Kier molecular flexibility index (Phi) is 5.35. The van der Waals surface area contributed by atoms with Crippen LogP contribution in [-0.2, 0) is 0 Å². The molecule has 0 spiro atoms. The summed E-state index contributed by atoms with van der Waals surface area (Å²) in [6.07, 6.45) is 5.97. The Bertz CT molecular complexity index is 564. The van der Waals surface area contributed by atoms with Gasteiger partial charge in [0.25, 0.3) is 0 Å². The van der Waals surface area contributed by atoms with Gasteiger partial charge in [-0.2, -0.15) is 0 Å². The molecular weight excluding hydrogens is 290 g/mol. The van der Waals surface area contributed by atoms with Crippen molar-refractivity contribution >= 4 is 17.5 Å². The highest BCUT2D eigenvalue weighted by Gasteiger charge is 2.39. The van der Waals surface area contributed by atoms with Crippen LogP contribution >= 0.6 is 11.3 Å². The lowest BCUT2D eigenvalue weighted by molar-refractivity contribution is 0.137. The number of thiophene rings is 1. The third-order valence-corrected chi connectivity index (χ3v) is 4.33. The number of rotatable bonds is 5. The van der Waals surface area contributed by atoms with E-state index in [4.69, 9.17) is 20.7 Å². The maximum atomic E-state index is 8.56. The fourth-order valence-electron chi connectivity index (χ4n) is 2.38. The van der Waals surface area contributed by atoms with Crippen molar-refractivity contribution in [3.63, 3.8) is 0 Å². The number of carboxylic acid groups (broad SMARTS) is 2. The Labute approximate surface area is 126 Å². The van der Waals surface area contributed by atoms with Crippen molar-refractivity contribution in [2.45, 2.75) is 25.2 Å². The zero-order chi connectivity index (χ0) is 15.2. The highest BCUT2D eigenvalue weighted by atomic mass is 32.1. The van der Waals surface area contributed by atoms with Crippen LogP contribution in [0.2, 0.25) is 0 Å². The SMILES string of the molecule is NCCCC1CC1c1cn(-c2cccs2)cn1.O=C(O)O. The van der Waals surface area contributed by atoms with Gasteiger partial charge in [0.15, 0.2) is 0 Å². The van der Waals surface area contributed by atoms with E-state index in [0.29, 0.717) is 5.92 Å². The van der Waals surface area contributed by atoms with Crippen molar-refractivity contribution < 1.29 is 15.0 Å². The van der Waals surface area contributed by atoms with E-state index in [9.17, 15) is 0 Å². The first kappa shape index (κ1) is 15.5. The minimum atomic E-state index is -1.83. The van der Waals surface area contributed by atoms with Crippen LogP contribution in [0.15, 0.2) is 30.0 Å². The molecule has 0 aliphatic heterocycles. The fourth-order valence-corrected chi connectivity index (χ4v) is 3.05. The first-order chi connectivity index (χ1) is 10.1. The molecule has 21 heavy (non-hydrogen) atoms. The molecule has 2 heterocycles. The largest absolute Gasteiger partial charge is 0.503 e. The summed E-state index contributed by atoms with van der Waals surface area (Å²) >= 11 is 1.74. The average molecular weight is 309 g/mol. The second-order valence-electron chi connectivity index (χ2n) is 4.97. The highest BCUT2D eigenvalue weighted by Crippen LogP contribution is 2.49. The molecule has 2 atom stereocenters. The van der Waals surface area contributed by atoms with E-state index in [1.165, 1.54) is 23.5 Å². The fraction of sp³-hybridized carbons (Fsp3) is 0.429. The maximum Gasteiger partial charge on any atom is 0.503 e. The molecule has 0 aromatic carbocycles. The van der Waals surface area contributed by atoms with Crippen LogP contribution in [-0.4, -0.2) is 32.5 Å². The minimum absolute atomic E-state index is 0.683. The molecule has 0 saturated heterocycles. The van der Waals surface area contributed by atoms with E-state index in [0.717, 1.165) is 18.9 Å². The van der Waals surface area contributed by atoms with Crippen molar-refractivity contribution in [2.24, 2.45) is 11.7 Å². The predicted molar refractivity (Wildman–Crippen MR) is 81.2 cm³/mol. The second-order valence-corrected chi connectivity index (χ2v) is 5.90. The third-order valence-electron chi connectivity index (χ3n) is 3.44. The summed E-state index contributed by atoms with van der Waals surface area (Å²) in [6, 6.07) is 4.19. The number of imidazole rings is 1. The van der Waals surface area contributed by atoms with Gasteiger partial charge in [-0.1, -0.05) is 0 Å². The summed E-state index contributed by atoms with van der Waals surface area (Å²) < 4.78 is 2.12. The summed E-state index contributed by atoms with van der Waals surface area (Å²) in [5.41, 5.74) is 6.79. The smallest absolute Gasteiger partial charge is 0.450 e. The molecule has 0 radical (unpaired) electrons. The van der Waals surface area contributed by atoms with Crippen LogP contribution < -0.4 is 5.73 Å². The topological polar surface area (TPSA) is 101 Å². The first-order valence-corrected chi connectivity index (χ1v) is 7.69. The molecule has 6 nitrogen and oxygen atoms in total. The van der Waals surface area contributed by atoms with Crippen molar-refractivity contribution in [3.05, 3.63) is 35.7 Å². The summed E-state index contributed by atoms with van der Waals surface area (Å²) in [4.78, 5) is 13.1. The quantitative estimate of drug-likeness (QED) is 0.788. The molecule has 2 aromatic heterocycles. The minimum Gasteiger partial charge on any atom is -0.450 e. The maximum absolute atomic E-state index is 8.56. The van der Waals surface area contributed by atoms with Gasteiger partial charge in [0.1, 0.15) is 11.3 Å². The Morgan fingerprint density at radius 3 is 2.90 bits per heavy atom. The third kappa shape index (κ3) is 4.57. The van der Waals surface area contributed by atoms with Crippen LogP contribution in [0.1, 0.15) is 30.9 Å². The van der Waals surface area contributed by atoms with E-state index >= 15 is 0 Å². The molecule has 1 saturated carbocycles. The van der Waals surface area contributed by atoms with Crippen molar-refractivity contribution in [2.75, 3.05) is 6.54 Å². The Hall–Kier alpha value is -1.86. The van der Waals surface area contributed by atoms with E-state index in [1.807, 2.05) is 6.33 Å². The molecule has 1 fully saturated rings. The van der Waals surface area contributed by atoms with Crippen molar-refractivity contribution in [3.8, 4) is 5.00 Å². The molecule has 4 N–H and O–H groups in total. The van der Waals surface area contributed by atoms with Crippen molar-refractivity contribution in [1.29, 1.82) is 0 Å².